The molecule has 1 aromatic carbocycles. The first-order valence-electron chi connectivity index (χ1n) is 12.5. The molecular weight excluding hydrogens is 416 g/mol. The zero-order valence-electron chi connectivity index (χ0n) is 20.6. The van der Waals surface area contributed by atoms with Crippen molar-refractivity contribution in [3.8, 4) is 22.9 Å². The van der Waals surface area contributed by atoms with Crippen LogP contribution in [0.4, 0.5) is 0 Å². The van der Waals surface area contributed by atoms with Crippen molar-refractivity contribution in [2.75, 3.05) is 13.4 Å². The Hall–Kier alpha value is -2.47. The molecule has 2 aromatic rings. The molecule has 1 atom stereocenters. The topological polar surface area (TPSA) is 70.5 Å². The maximum atomic E-state index is 12.0. The number of nitrogens with zero attached hydrogens (tertiary/aromatic N) is 2. The van der Waals surface area contributed by atoms with Crippen LogP contribution in [0.3, 0.4) is 0 Å². The Morgan fingerprint density at radius 3 is 2.33 bits per heavy atom. The molecule has 0 bridgehead atoms. The van der Waals surface area contributed by atoms with Gasteiger partial charge >= 0.3 is 5.97 Å². The van der Waals surface area contributed by atoms with Crippen molar-refractivity contribution in [2.45, 2.75) is 85.0 Å². The number of rotatable bonds is 17. The number of carbonyl (C=O) groups is 1. The highest BCUT2D eigenvalue weighted by molar-refractivity contribution is 5.72. The average Bonchev–Trinajstić information content (AvgIpc) is 2.84. The van der Waals surface area contributed by atoms with Gasteiger partial charge in [-0.25, -0.2) is 9.97 Å². The smallest absolute Gasteiger partial charge is 0.311 e. The number of esters is 1. The minimum Gasteiger partial charge on any atom is -0.464 e. The summed E-state index contributed by atoms with van der Waals surface area (Å²) in [6.45, 7) is 7.56. The minimum atomic E-state index is -0.187. The molecule has 6 heteroatoms. The molecule has 0 N–H and O–H groups in total. The lowest BCUT2D eigenvalue weighted by atomic mass is 10.0. The zero-order valence-corrected chi connectivity index (χ0v) is 20.6. The largest absolute Gasteiger partial charge is 0.464 e. The van der Waals surface area contributed by atoms with Gasteiger partial charge in [0.2, 0.25) is 0 Å². The fraction of sp³-hybridized carbons (Fsp3) is 0.593. The van der Waals surface area contributed by atoms with Crippen LogP contribution < -0.4 is 9.47 Å². The molecule has 2 rings (SSSR count). The lowest BCUT2D eigenvalue weighted by Gasteiger charge is -2.08. The van der Waals surface area contributed by atoms with Gasteiger partial charge in [-0.2, -0.15) is 0 Å². The fourth-order valence-corrected chi connectivity index (χ4v) is 3.34. The van der Waals surface area contributed by atoms with E-state index in [1.165, 1.54) is 32.1 Å². The number of unbranched alkanes of at least 4 members (excludes halogenated alkanes) is 5. The van der Waals surface area contributed by atoms with Gasteiger partial charge in [-0.3, -0.25) is 4.79 Å². The van der Waals surface area contributed by atoms with Gasteiger partial charge in [0.1, 0.15) is 5.75 Å². The summed E-state index contributed by atoms with van der Waals surface area (Å²) in [4.78, 5) is 20.8. The van der Waals surface area contributed by atoms with Gasteiger partial charge in [0.25, 0.3) is 0 Å². The number of benzene rings is 1. The van der Waals surface area contributed by atoms with Crippen LogP contribution in [0, 0.1) is 5.92 Å². The van der Waals surface area contributed by atoms with Crippen LogP contribution in [0.1, 0.15) is 85.0 Å². The number of ether oxygens (including phenoxy) is 3. The third-order valence-corrected chi connectivity index (χ3v) is 5.70. The Bertz CT molecular complexity index is 778. The Kier molecular flexibility index (Phi) is 13.1. The summed E-state index contributed by atoms with van der Waals surface area (Å²) in [7, 11) is 0. The van der Waals surface area contributed by atoms with Crippen molar-refractivity contribution in [3.05, 3.63) is 36.7 Å². The van der Waals surface area contributed by atoms with Gasteiger partial charge in [-0.05, 0) is 43.0 Å². The maximum absolute atomic E-state index is 12.0. The first-order chi connectivity index (χ1) is 16.1. The quantitative estimate of drug-likeness (QED) is 0.111. The molecular formula is C27H40N2O4. The first-order valence-corrected chi connectivity index (χ1v) is 12.5. The molecule has 0 aliphatic rings. The fourth-order valence-electron chi connectivity index (χ4n) is 3.34. The third kappa shape index (κ3) is 11.3. The summed E-state index contributed by atoms with van der Waals surface area (Å²) in [6.07, 6.45) is 14.0. The number of aromatic nitrogens is 2. The molecule has 0 saturated carbocycles. The average molecular weight is 457 g/mol. The van der Waals surface area contributed by atoms with Crippen LogP contribution in [-0.4, -0.2) is 29.3 Å². The van der Waals surface area contributed by atoms with E-state index in [-0.39, 0.29) is 12.8 Å². The van der Waals surface area contributed by atoms with Crippen molar-refractivity contribution < 1.29 is 19.0 Å². The maximum Gasteiger partial charge on any atom is 0.311 e. The van der Waals surface area contributed by atoms with Crippen LogP contribution in [-0.2, 0) is 9.53 Å². The molecule has 0 aliphatic heterocycles. The zero-order chi connectivity index (χ0) is 23.7. The van der Waals surface area contributed by atoms with E-state index < -0.39 is 0 Å². The molecule has 1 heterocycles. The van der Waals surface area contributed by atoms with E-state index in [4.69, 9.17) is 14.2 Å². The molecule has 0 aliphatic carbocycles. The lowest BCUT2D eigenvalue weighted by Crippen LogP contribution is -2.07. The molecule has 1 unspecified atom stereocenters. The molecule has 33 heavy (non-hydrogen) atoms. The molecule has 0 saturated heterocycles. The van der Waals surface area contributed by atoms with Crippen LogP contribution in [0.2, 0.25) is 0 Å². The Balaban J connectivity index is 1.68. The van der Waals surface area contributed by atoms with Gasteiger partial charge in [-0.1, -0.05) is 65.7 Å². The van der Waals surface area contributed by atoms with Gasteiger partial charge < -0.3 is 14.2 Å². The highest BCUT2D eigenvalue weighted by Crippen LogP contribution is 2.21. The summed E-state index contributed by atoms with van der Waals surface area (Å²) >= 11 is 0. The molecule has 1 aromatic heterocycles. The normalized spacial score (nSPS) is 11.8. The summed E-state index contributed by atoms with van der Waals surface area (Å²) in [5.41, 5.74) is 0.846. The Labute approximate surface area is 199 Å². The van der Waals surface area contributed by atoms with Crippen LogP contribution in [0.15, 0.2) is 36.7 Å². The van der Waals surface area contributed by atoms with E-state index in [9.17, 15) is 4.79 Å². The van der Waals surface area contributed by atoms with Crippen LogP contribution >= 0.6 is 0 Å². The first kappa shape index (κ1) is 26.8. The van der Waals surface area contributed by atoms with Gasteiger partial charge in [0, 0.05) is 12.0 Å². The van der Waals surface area contributed by atoms with Crippen LogP contribution in [0.25, 0.3) is 11.4 Å². The SMILES string of the molecule is CCCCCCCOCOc1cnc(-c2ccc(OC(=O)CCCCC(C)CC)cc2)nc1. The number of carbonyl (C=O) groups excluding carboxylic acids is 1. The van der Waals surface area contributed by atoms with E-state index in [1.54, 1.807) is 24.5 Å². The molecule has 182 valence electrons. The highest BCUT2D eigenvalue weighted by Gasteiger charge is 2.08. The predicted molar refractivity (Wildman–Crippen MR) is 131 cm³/mol. The van der Waals surface area contributed by atoms with E-state index in [2.05, 4.69) is 30.7 Å². The monoisotopic (exact) mass is 456 g/mol. The number of hydrogen-bond acceptors (Lipinski definition) is 6. The second-order valence-corrected chi connectivity index (χ2v) is 8.58. The second-order valence-electron chi connectivity index (χ2n) is 8.58. The molecule has 0 fully saturated rings. The third-order valence-electron chi connectivity index (χ3n) is 5.70. The Morgan fingerprint density at radius 2 is 1.64 bits per heavy atom. The Morgan fingerprint density at radius 1 is 0.909 bits per heavy atom. The minimum absolute atomic E-state index is 0.187. The summed E-state index contributed by atoms with van der Waals surface area (Å²) in [6, 6.07) is 7.25. The van der Waals surface area contributed by atoms with E-state index in [0.29, 0.717) is 30.4 Å². The molecule has 0 spiro atoms. The van der Waals surface area contributed by atoms with Crippen molar-refractivity contribution in [3.63, 3.8) is 0 Å². The number of hydrogen-bond donors (Lipinski definition) is 0. The van der Waals surface area contributed by atoms with Crippen molar-refractivity contribution in [1.82, 2.24) is 9.97 Å². The van der Waals surface area contributed by atoms with Gasteiger partial charge in [0.15, 0.2) is 18.4 Å². The standard InChI is InChI=1S/C27H40N2O4/c1-4-6-7-8-11-18-31-21-32-25-19-28-27(29-20-25)23-14-16-24(17-15-23)33-26(30)13-10-9-12-22(3)5-2/h14-17,19-20,22H,4-13,18,21H2,1-3H3. The van der Waals surface area contributed by atoms with E-state index in [0.717, 1.165) is 37.2 Å². The van der Waals surface area contributed by atoms with Gasteiger partial charge in [-0.15, -0.1) is 0 Å². The van der Waals surface area contributed by atoms with Crippen molar-refractivity contribution >= 4 is 5.97 Å². The van der Waals surface area contributed by atoms with Crippen LogP contribution in [0.5, 0.6) is 11.5 Å². The van der Waals surface area contributed by atoms with E-state index in [1.807, 2.05) is 12.1 Å². The molecule has 0 radical (unpaired) electrons. The lowest BCUT2D eigenvalue weighted by molar-refractivity contribution is -0.134. The van der Waals surface area contributed by atoms with Crippen molar-refractivity contribution in [1.29, 1.82) is 0 Å². The summed E-state index contributed by atoms with van der Waals surface area (Å²) in [5.74, 6) is 2.23. The summed E-state index contributed by atoms with van der Waals surface area (Å²) < 4.78 is 16.5. The summed E-state index contributed by atoms with van der Waals surface area (Å²) in [5, 5.41) is 0. The highest BCUT2D eigenvalue weighted by atomic mass is 16.7. The molecule has 6 nitrogen and oxygen atoms in total. The van der Waals surface area contributed by atoms with Gasteiger partial charge in [0.05, 0.1) is 19.0 Å². The molecule has 0 amide bonds. The van der Waals surface area contributed by atoms with Crippen molar-refractivity contribution in [2.24, 2.45) is 5.92 Å². The predicted octanol–water partition coefficient (Wildman–Crippen LogP) is 6.98. The van der Waals surface area contributed by atoms with E-state index >= 15 is 0 Å². The second kappa shape index (κ2) is 16.2.